The van der Waals surface area contributed by atoms with Gasteiger partial charge < -0.3 is 20.5 Å². The molecule has 0 aliphatic carbocycles. The molecule has 2 amide bonds. The van der Waals surface area contributed by atoms with Crippen molar-refractivity contribution in [2.24, 2.45) is 11.7 Å². The Morgan fingerprint density at radius 3 is 2.40 bits per heavy atom. The number of primary amides is 1. The Balaban J connectivity index is 2.10. The van der Waals surface area contributed by atoms with Gasteiger partial charge >= 0.3 is 12.8 Å². The fourth-order valence-corrected chi connectivity index (χ4v) is 4.01. The van der Waals surface area contributed by atoms with Crippen LogP contribution in [0.25, 0.3) is 0 Å². The Morgan fingerprint density at radius 2 is 1.83 bits per heavy atom. The van der Waals surface area contributed by atoms with Crippen molar-refractivity contribution in [3.63, 3.8) is 0 Å². The van der Waals surface area contributed by atoms with Crippen LogP contribution in [0, 0.1) is 17.6 Å². The van der Waals surface area contributed by atoms with Crippen LogP contribution in [-0.4, -0.2) is 36.3 Å². The number of nitrogens with two attached hydrogens (primary N) is 1. The van der Waals surface area contributed by atoms with Crippen LogP contribution in [-0.2, 0) is 9.53 Å². The first-order chi connectivity index (χ1) is 16.2. The van der Waals surface area contributed by atoms with Gasteiger partial charge in [-0.15, -0.1) is 0 Å². The highest BCUT2D eigenvalue weighted by Gasteiger charge is 2.66. The summed E-state index contributed by atoms with van der Waals surface area (Å²) in [4.78, 5) is 24.4. The molecule has 3 N–H and O–H groups in total. The van der Waals surface area contributed by atoms with Crippen molar-refractivity contribution >= 4 is 17.5 Å². The predicted molar refractivity (Wildman–Crippen MR) is 108 cm³/mol. The van der Waals surface area contributed by atoms with Gasteiger partial charge in [0.2, 0.25) is 11.7 Å². The van der Waals surface area contributed by atoms with Crippen LogP contribution in [0.1, 0.15) is 35.7 Å². The zero-order valence-corrected chi connectivity index (χ0v) is 18.1. The topological polar surface area (TPSA) is 90.6 Å². The summed E-state index contributed by atoms with van der Waals surface area (Å²) in [5.74, 6) is -10.1. The lowest BCUT2D eigenvalue weighted by molar-refractivity contribution is -0.272. The van der Waals surface area contributed by atoms with E-state index in [1.807, 2.05) is 0 Å². The molecule has 0 saturated carbocycles. The summed E-state index contributed by atoms with van der Waals surface area (Å²) in [6.07, 6.45) is -7.04. The Kier molecular flexibility index (Phi) is 7.02. The van der Waals surface area contributed by atoms with Gasteiger partial charge in [-0.3, -0.25) is 9.59 Å². The average Bonchev–Trinajstić information content (AvgIpc) is 3.04. The number of halogens is 7. The lowest BCUT2D eigenvalue weighted by Gasteiger charge is -2.32. The molecule has 1 fully saturated rings. The van der Waals surface area contributed by atoms with Gasteiger partial charge in [0.15, 0.2) is 17.2 Å². The predicted octanol–water partition coefficient (Wildman–Crippen LogP) is 4.74. The van der Waals surface area contributed by atoms with E-state index in [0.29, 0.717) is 13.0 Å². The van der Waals surface area contributed by atoms with Gasteiger partial charge in [-0.25, -0.2) is 4.39 Å². The number of ether oxygens (including phenoxy) is 2. The van der Waals surface area contributed by atoms with Gasteiger partial charge in [-0.05, 0) is 31.2 Å². The summed E-state index contributed by atoms with van der Waals surface area (Å²) in [6, 6.07) is 6.41. The fourth-order valence-electron chi connectivity index (χ4n) is 4.01. The monoisotopic (exact) mass is 508 g/mol. The molecule has 2 aromatic rings. The number of amides is 2. The Labute approximate surface area is 194 Å². The number of alkyl halides is 5. The zero-order valence-electron chi connectivity index (χ0n) is 18.1. The van der Waals surface area contributed by atoms with Crippen LogP contribution in [0.5, 0.6) is 5.75 Å². The van der Waals surface area contributed by atoms with Crippen molar-refractivity contribution in [1.29, 1.82) is 0 Å². The van der Waals surface area contributed by atoms with Crippen molar-refractivity contribution < 1.29 is 49.8 Å². The molecule has 6 nitrogen and oxygen atoms in total. The second-order valence-corrected chi connectivity index (χ2v) is 8.05. The first kappa shape index (κ1) is 26.3. The Hall–Kier alpha value is -3.35. The molecule has 0 aromatic heterocycles. The molecule has 3 rings (SSSR count). The van der Waals surface area contributed by atoms with Crippen molar-refractivity contribution in [2.45, 2.75) is 44.3 Å². The highest BCUT2D eigenvalue weighted by atomic mass is 19.4. The molecule has 0 radical (unpaired) electrons. The molecule has 1 heterocycles. The maximum absolute atomic E-state index is 14.4. The number of anilines is 1. The molecule has 1 aliphatic rings. The van der Waals surface area contributed by atoms with E-state index < -0.39 is 71.1 Å². The molecule has 4 atom stereocenters. The van der Waals surface area contributed by atoms with Crippen molar-refractivity contribution in [2.75, 3.05) is 5.32 Å². The lowest BCUT2D eigenvalue weighted by atomic mass is 9.77. The van der Waals surface area contributed by atoms with E-state index in [0.717, 1.165) is 19.1 Å². The minimum atomic E-state index is -5.03. The summed E-state index contributed by atoms with van der Waals surface area (Å²) < 4.78 is 105. The largest absolute Gasteiger partial charge is 0.431 e. The average molecular weight is 508 g/mol. The van der Waals surface area contributed by atoms with Crippen LogP contribution in [0.15, 0.2) is 36.4 Å². The van der Waals surface area contributed by atoms with Crippen LogP contribution >= 0.6 is 0 Å². The molecule has 2 aromatic carbocycles. The molecular weight excluding hydrogens is 489 g/mol. The molecule has 0 spiro atoms. The van der Waals surface area contributed by atoms with E-state index in [1.165, 1.54) is 18.2 Å². The number of carbonyl (C=O) groups excluding carboxylic acids is 2. The standard InChI is InChI=1S/C22H19F7N2O4/c1-9-14(12-6-7-13(23)15(24)16(12)34-20(25)26)17(35-21(9,2)22(27,28)29)19(33)31-11-5-3-4-10(8-11)18(30)32/h3-9,14,17,20H,1-2H3,(H2,30,32)(H,31,33)/t9-,14-,17-,21-/m0/s1. The molecule has 0 unspecified atom stereocenters. The van der Waals surface area contributed by atoms with E-state index in [2.05, 4.69) is 10.1 Å². The quantitative estimate of drug-likeness (QED) is 0.552. The van der Waals surface area contributed by atoms with E-state index in [1.54, 1.807) is 0 Å². The van der Waals surface area contributed by atoms with Gasteiger partial charge in [-0.2, -0.15) is 26.3 Å². The number of benzene rings is 2. The molecule has 190 valence electrons. The molecule has 0 bridgehead atoms. The highest BCUT2D eigenvalue weighted by molar-refractivity contribution is 5.98. The van der Waals surface area contributed by atoms with Gasteiger partial charge in [0.25, 0.3) is 5.91 Å². The summed E-state index contributed by atoms with van der Waals surface area (Å²) >= 11 is 0. The molecule has 1 aliphatic heterocycles. The smallest absolute Gasteiger partial charge is 0.417 e. The summed E-state index contributed by atoms with van der Waals surface area (Å²) in [6.45, 7) is -1.95. The minimum Gasteiger partial charge on any atom is -0.431 e. The van der Waals surface area contributed by atoms with E-state index in [-0.39, 0.29) is 11.3 Å². The number of nitrogens with one attached hydrogen (secondary N) is 1. The maximum Gasteiger partial charge on any atom is 0.417 e. The van der Waals surface area contributed by atoms with Crippen molar-refractivity contribution in [3.05, 3.63) is 59.2 Å². The van der Waals surface area contributed by atoms with E-state index in [4.69, 9.17) is 10.5 Å². The van der Waals surface area contributed by atoms with Gasteiger partial charge in [0, 0.05) is 28.7 Å². The third-order valence-corrected chi connectivity index (χ3v) is 5.99. The number of carbonyl (C=O) groups is 2. The second-order valence-electron chi connectivity index (χ2n) is 8.05. The first-order valence-corrected chi connectivity index (χ1v) is 10.1. The summed E-state index contributed by atoms with van der Waals surface area (Å²) in [5, 5.41) is 2.28. The van der Waals surface area contributed by atoms with Crippen LogP contribution in [0.2, 0.25) is 0 Å². The third-order valence-electron chi connectivity index (χ3n) is 5.99. The number of hydrogen-bond donors (Lipinski definition) is 2. The fraction of sp³-hybridized carbons (Fsp3) is 0.364. The summed E-state index contributed by atoms with van der Waals surface area (Å²) in [7, 11) is 0. The van der Waals surface area contributed by atoms with Gasteiger partial charge in [0.1, 0.15) is 6.10 Å². The van der Waals surface area contributed by atoms with Gasteiger partial charge in [-0.1, -0.05) is 19.1 Å². The minimum absolute atomic E-state index is 0.0200. The van der Waals surface area contributed by atoms with Gasteiger partial charge in [0.05, 0.1) is 0 Å². The van der Waals surface area contributed by atoms with E-state index in [9.17, 15) is 40.3 Å². The van der Waals surface area contributed by atoms with Crippen LogP contribution in [0.4, 0.5) is 36.4 Å². The van der Waals surface area contributed by atoms with E-state index >= 15 is 0 Å². The highest BCUT2D eigenvalue weighted by Crippen LogP contribution is 2.55. The maximum atomic E-state index is 14.4. The zero-order chi connectivity index (χ0) is 26.3. The Morgan fingerprint density at radius 1 is 1.17 bits per heavy atom. The molecule has 35 heavy (non-hydrogen) atoms. The third kappa shape index (κ3) is 4.90. The molecule has 1 saturated heterocycles. The normalized spacial score (nSPS) is 24.5. The lowest BCUT2D eigenvalue weighted by Crippen LogP contribution is -2.47. The van der Waals surface area contributed by atoms with Crippen molar-refractivity contribution in [1.82, 2.24) is 0 Å². The Bertz CT molecular complexity index is 1140. The van der Waals surface area contributed by atoms with Crippen LogP contribution in [0.3, 0.4) is 0 Å². The molecule has 13 heteroatoms. The molecular formula is C22H19F7N2O4. The number of hydrogen-bond acceptors (Lipinski definition) is 4. The number of rotatable bonds is 6. The SMILES string of the molecule is C[C@H]1[C@@H](c2ccc(F)c(F)c2OC(F)F)[C@@H](C(=O)Nc2cccc(C(N)=O)c2)O[C@]1(C)C(F)(F)F. The summed E-state index contributed by atoms with van der Waals surface area (Å²) in [5.41, 5.74) is 1.54. The first-order valence-electron chi connectivity index (χ1n) is 10.1. The second kappa shape index (κ2) is 9.36. The van der Waals surface area contributed by atoms with Crippen LogP contribution < -0.4 is 15.8 Å². The van der Waals surface area contributed by atoms with Crippen molar-refractivity contribution in [3.8, 4) is 5.75 Å².